The number of nitrogens with zero attached hydrogens (tertiary/aromatic N) is 4. The van der Waals surface area contributed by atoms with Crippen molar-refractivity contribution in [1.29, 1.82) is 0 Å². The number of nitrogens with two attached hydrogens (primary N) is 1. The van der Waals surface area contributed by atoms with Crippen molar-refractivity contribution >= 4 is 16.6 Å². The van der Waals surface area contributed by atoms with Crippen LogP contribution in [0.15, 0.2) is 64.0 Å². The summed E-state index contributed by atoms with van der Waals surface area (Å²) in [6, 6.07) is 15.3. The van der Waals surface area contributed by atoms with Gasteiger partial charge in [-0.1, -0.05) is 38.1 Å². The fourth-order valence-corrected chi connectivity index (χ4v) is 4.13. The molecule has 0 saturated heterocycles. The van der Waals surface area contributed by atoms with E-state index in [1.807, 2.05) is 69.4 Å². The largest absolute Gasteiger partial charge is 0.414 e. The normalized spacial score (nSPS) is 11.9. The van der Waals surface area contributed by atoms with Gasteiger partial charge in [0, 0.05) is 32.1 Å². The lowest BCUT2D eigenvalue weighted by Gasteiger charge is -2.07. The molecule has 0 radical (unpaired) electrons. The summed E-state index contributed by atoms with van der Waals surface area (Å²) in [7, 11) is 0.842. The Bertz CT molecular complexity index is 1270. The molecule has 0 aliphatic carbocycles. The highest BCUT2D eigenvalue weighted by Gasteiger charge is 2.17. The Balaban J connectivity index is 0.00000306. The van der Waals surface area contributed by atoms with Crippen LogP contribution in [0.2, 0.25) is 0 Å². The topological polar surface area (TPSA) is 151 Å². The van der Waals surface area contributed by atoms with E-state index in [-0.39, 0.29) is 26.7 Å². The number of aromatic nitrogens is 4. The van der Waals surface area contributed by atoms with Crippen LogP contribution in [0.3, 0.4) is 0 Å². The third-order valence-electron chi connectivity index (χ3n) is 4.79. The van der Waals surface area contributed by atoms with Crippen molar-refractivity contribution < 1.29 is 18.4 Å². The van der Waals surface area contributed by atoms with Crippen LogP contribution in [-0.4, -0.2) is 42.1 Å². The van der Waals surface area contributed by atoms with Gasteiger partial charge >= 0.3 is 0 Å². The Morgan fingerprint density at radius 1 is 1.09 bits per heavy atom. The van der Waals surface area contributed by atoms with Crippen molar-refractivity contribution in [3.05, 3.63) is 60.3 Å². The van der Waals surface area contributed by atoms with Crippen LogP contribution < -0.4 is 11.1 Å². The van der Waals surface area contributed by atoms with Gasteiger partial charge in [0.2, 0.25) is 5.89 Å². The van der Waals surface area contributed by atoms with E-state index in [2.05, 4.69) is 25.5 Å². The number of nitrogen functional groups attached to an aromatic ring is 1. The highest BCUT2D eigenvalue weighted by atomic mass is 32.2. The maximum absolute atomic E-state index is 12.3. The highest BCUT2D eigenvalue weighted by Crippen LogP contribution is 2.28. The van der Waals surface area contributed by atoms with E-state index in [1.54, 1.807) is 6.20 Å². The van der Waals surface area contributed by atoms with Crippen molar-refractivity contribution in [3.8, 4) is 34.3 Å². The summed E-state index contributed by atoms with van der Waals surface area (Å²) < 4.78 is 18.2. The number of nitrogens with one attached hydrogen (secondary N) is 1. The molecule has 0 spiro atoms. The van der Waals surface area contributed by atoms with Gasteiger partial charge < -0.3 is 20.9 Å². The van der Waals surface area contributed by atoms with Gasteiger partial charge in [0.05, 0.1) is 22.7 Å². The summed E-state index contributed by atoms with van der Waals surface area (Å²) in [5.74, 6) is 0.777. The lowest BCUT2D eigenvalue weighted by atomic mass is 10.1. The van der Waals surface area contributed by atoms with Crippen molar-refractivity contribution in [2.75, 3.05) is 12.8 Å². The van der Waals surface area contributed by atoms with Crippen LogP contribution in [-0.2, 0) is 17.3 Å². The SMILES string of the molecule is CNCc1cccc(-c2nnc(-c3nc(-c4ccc(S(=O)C(C)C)cc4)cnc3N)o2)c1.O.[HH].[HH].[HH]. The molecule has 0 amide bonds. The minimum absolute atomic E-state index is 0. The summed E-state index contributed by atoms with van der Waals surface area (Å²) in [6.07, 6.45) is 1.59. The number of rotatable bonds is 7. The van der Waals surface area contributed by atoms with E-state index in [1.165, 1.54) is 0 Å². The monoisotopic (exact) mass is 472 g/mol. The van der Waals surface area contributed by atoms with Crippen LogP contribution in [0.25, 0.3) is 34.3 Å². The predicted molar refractivity (Wildman–Crippen MR) is 135 cm³/mol. The molecule has 0 bridgehead atoms. The van der Waals surface area contributed by atoms with Crippen LogP contribution in [0, 0.1) is 0 Å². The Labute approximate surface area is 198 Å². The Hall–Kier alpha value is -3.47. The number of anilines is 1. The average Bonchev–Trinajstić information content (AvgIpc) is 3.29. The quantitative estimate of drug-likeness (QED) is 0.414. The summed E-state index contributed by atoms with van der Waals surface area (Å²) >= 11 is 0. The third kappa shape index (κ3) is 5.30. The molecule has 1 unspecified atom stereocenters. The zero-order valence-corrected chi connectivity index (χ0v) is 19.4. The molecule has 33 heavy (non-hydrogen) atoms. The molecule has 0 aliphatic rings. The van der Waals surface area contributed by atoms with E-state index >= 15 is 0 Å². The maximum Gasteiger partial charge on any atom is 0.270 e. The zero-order chi connectivity index (χ0) is 22.7. The first-order chi connectivity index (χ1) is 15.5. The number of hydrogen-bond donors (Lipinski definition) is 2. The molecular formula is C23H32N6O3S. The maximum atomic E-state index is 12.3. The molecular weight excluding hydrogens is 440 g/mol. The summed E-state index contributed by atoms with van der Waals surface area (Å²) in [6.45, 7) is 4.59. The second-order valence-electron chi connectivity index (χ2n) is 7.50. The molecule has 4 aromatic rings. The van der Waals surface area contributed by atoms with E-state index in [9.17, 15) is 4.21 Å². The molecule has 4 rings (SSSR count). The van der Waals surface area contributed by atoms with Crippen LogP contribution in [0.1, 0.15) is 23.7 Å². The molecule has 9 nitrogen and oxygen atoms in total. The van der Waals surface area contributed by atoms with Gasteiger partial charge in [0.1, 0.15) is 0 Å². The summed E-state index contributed by atoms with van der Waals surface area (Å²) in [5.41, 5.74) is 9.72. The second-order valence-corrected chi connectivity index (χ2v) is 9.51. The molecule has 0 aliphatic heterocycles. The molecule has 1 atom stereocenters. The summed E-state index contributed by atoms with van der Waals surface area (Å²) in [4.78, 5) is 9.64. The molecule has 2 aromatic heterocycles. The molecule has 178 valence electrons. The fourth-order valence-electron chi connectivity index (χ4n) is 3.18. The van der Waals surface area contributed by atoms with Crippen molar-refractivity contribution in [1.82, 2.24) is 25.5 Å². The molecule has 0 fully saturated rings. The first-order valence-electron chi connectivity index (χ1n) is 10.2. The molecule has 2 heterocycles. The first kappa shape index (κ1) is 24.2. The fraction of sp³-hybridized carbons (Fsp3) is 0.217. The lowest BCUT2D eigenvalue weighted by molar-refractivity contribution is 0.582. The number of benzene rings is 2. The van der Waals surface area contributed by atoms with Gasteiger partial charge in [-0.25, -0.2) is 9.97 Å². The van der Waals surface area contributed by atoms with Gasteiger partial charge in [0.25, 0.3) is 5.89 Å². The first-order valence-corrected chi connectivity index (χ1v) is 11.4. The average molecular weight is 473 g/mol. The Morgan fingerprint density at radius 3 is 2.52 bits per heavy atom. The lowest BCUT2D eigenvalue weighted by Crippen LogP contribution is -2.05. The minimum Gasteiger partial charge on any atom is -0.414 e. The van der Waals surface area contributed by atoms with Crippen molar-refractivity contribution in [2.24, 2.45) is 0 Å². The molecule has 10 heteroatoms. The Morgan fingerprint density at radius 2 is 1.82 bits per heavy atom. The zero-order valence-electron chi connectivity index (χ0n) is 18.6. The van der Waals surface area contributed by atoms with E-state index in [4.69, 9.17) is 10.2 Å². The minimum atomic E-state index is -1.05. The predicted octanol–water partition coefficient (Wildman–Crippen LogP) is 3.59. The van der Waals surface area contributed by atoms with Gasteiger partial charge in [-0.15, -0.1) is 10.2 Å². The van der Waals surface area contributed by atoms with Gasteiger partial charge in [-0.05, 0) is 36.9 Å². The third-order valence-corrected chi connectivity index (χ3v) is 6.39. The van der Waals surface area contributed by atoms with Crippen LogP contribution in [0.5, 0.6) is 0 Å². The van der Waals surface area contributed by atoms with E-state index in [0.717, 1.165) is 28.1 Å². The van der Waals surface area contributed by atoms with Gasteiger partial charge in [0.15, 0.2) is 11.5 Å². The van der Waals surface area contributed by atoms with E-state index in [0.29, 0.717) is 17.3 Å². The molecule has 0 saturated carbocycles. The van der Waals surface area contributed by atoms with Crippen molar-refractivity contribution in [3.63, 3.8) is 0 Å². The van der Waals surface area contributed by atoms with Crippen molar-refractivity contribution in [2.45, 2.75) is 30.5 Å². The van der Waals surface area contributed by atoms with Gasteiger partial charge in [-0.2, -0.15) is 0 Å². The smallest absolute Gasteiger partial charge is 0.270 e. The molecule has 2 aromatic carbocycles. The van der Waals surface area contributed by atoms with Crippen LogP contribution >= 0.6 is 0 Å². The highest BCUT2D eigenvalue weighted by molar-refractivity contribution is 7.85. The second kappa shape index (κ2) is 10.4. The van der Waals surface area contributed by atoms with Crippen LogP contribution in [0.4, 0.5) is 5.82 Å². The Kier molecular flexibility index (Phi) is 7.64. The standard InChI is InChI=1S/C23H24N6O2S.H2O.3H2/c1-14(2)32(30)18-9-7-16(8-10-18)19-13-26-21(24)20(27-19)23-29-28-22(31-23)17-6-4-5-15(11-17)12-25-3;;;;/h4-11,13-14,25H,12H2,1-3H3,(H2,24,26);1H2;3*1H. The van der Waals surface area contributed by atoms with E-state index < -0.39 is 10.8 Å². The number of hydrogen-bond acceptors (Lipinski definition) is 8. The van der Waals surface area contributed by atoms with Gasteiger partial charge in [-0.3, -0.25) is 4.21 Å². The molecule has 5 N–H and O–H groups in total. The summed E-state index contributed by atoms with van der Waals surface area (Å²) in [5, 5.41) is 11.5.